The van der Waals surface area contributed by atoms with E-state index in [4.69, 9.17) is 27.0 Å². The first-order valence-corrected chi connectivity index (χ1v) is 9.27. The van der Waals surface area contributed by atoms with Crippen molar-refractivity contribution in [3.63, 3.8) is 0 Å². The molecule has 0 aliphatic rings. The predicted octanol–water partition coefficient (Wildman–Crippen LogP) is 4.18. The molecule has 0 radical (unpaired) electrons. The normalized spacial score (nSPS) is 13.6. The highest BCUT2D eigenvalue weighted by atomic mass is 35.7. The molecule has 0 fully saturated rings. The fourth-order valence-electron chi connectivity index (χ4n) is 1.88. The van der Waals surface area contributed by atoms with Crippen molar-refractivity contribution in [1.29, 1.82) is 0 Å². The van der Waals surface area contributed by atoms with Gasteiger partial charge in [0.05, 0.1) is 12.4 Å². The highest BCUT2D eigenvalue weighted by Gasteiger charge is 2.21. The van der Waals surface area contributed by atoms with Crippen LogP contribution in [0, 0.1) is 25.7 Å². The van der Waals surface area contributed by atoms with Gasteiger partial charge in [0, 0.05) is 21.6 Å². The van der Waals surface area contributed by atoms with Crippen LogP contribution >= 0.6 is 22.3 Å². The Labute approximate surface area is 130 Å². The molecule has 1 atom stereocenters. The molecule has 1 aromatic rings. The second-order valence-corrected chi connectivity index (χ2v) is 8.59. The maximum atomic E-state index is 11.2. The van der Waals surface area contributed by atoms with E-state index in [1.165, 1.54) is 0 Å². The summed E-state index contributed by atoms with van der Waals surface area (Å²) in [6.07, 6.45) is 0. The summed E-state index contributed by atoms with van der Waals surface area (Å²) in [5.41, 5.74) is 1.88. The Morgan fingerprint density at radius 3 is 2.10 bits per heavy atom. The van der Waals surface area contributed by atoms with E-state index in [2.05, 4.69) is 0 Å². The minimum atomic E-state index is -3.52. The summed E-state index contributed by atoms with van der Waals surface area (Å²) in [6.45, 7) is 8.03. The third kappa shape index (κ3) is 5.51. The molecule has 0 aliphatic carbocycles. The molecule has 0 aliphatic heterocycles. The summed E-state index contributed by atoms with van der Waals surface area (Å²) in [7, 11) is 1.80. The van der Waals surface area contributed by atoms with E-state index in [1.807, 2.05) is 39.8 Å². The molecule has 0 N–H and O–H groups in total. The van der Waals surface area contributed by atoms with E-state index in [0.29, 0.717) is 12.4 Å². The lowest BCUT2D eigenvalue weighted by Crippen LogP contribution is -2.24. The zero-order valence-electron chi connectivity index (χ0n) is 12.1. The van der Waals surface area contributed by atoms with Gasteiger partial charge in [-0.2, -0.15) is 0 Å². The molecule has 20 heavy (non-hydrogen) atoms. The van der Waals surface area contributed by atoms with E-state index in [1.54, 1.807) is 0 Å². The maximum absolute atomic E-state index is 11.2. The SMILES string of the molecule is Cc1cc(OCC(CS(=O)(=O)Cl)C(C)C)cc(C)c1Cl. The van der Waals surface area contributed by atoms with Crippen molar-refractivity contribution < 1.29 is 13.2 Å². The standard InChI is InChI=1S/C14H20Cl2O3S/c1-9(2)12(8-20(16,17)18)7-19-13-5-10(3)14(15)11(4)6-13/h5-6,9,12H,7-8H2,1-4H3. The highest BCUT2D eigenvalue weighted by Crippen LogP contribution is 2.27. The van der Waals surface area contributed by atoms with Crippen LogP contribution in [-0.2, 0) is 9.05 Å². The molecule has 114 valence electrons. The average Bonchev–Trinajstić information content (AvgIpc) is 2.29. The number of hydrogen-bond acceptors (Lipinski definition) is 3. The Bertz CT molecular complexity index is 545. The summed E-state index contributed by atoms with van der Waals surface area (Å²) in [5, 5.41) is 0.723. The highest BCUT2D eigenvalue weighted by molar-refractivity contribution is 8.13. The third-order valence-electron chi connectivity index (χ3n) is 3.23. The lowest BCUT2D eigenvalue weighted by Gasteiger charge is -2.20. The minimum absolute atomic E-state index is 0.0855. The number of halogens is 2. The third-order valence-corrected chi connectivity index (χ3v) is 5.03. The molecule has 0 amide bonds. The zero-order chi connectivity index (χ0) is 15.5. The van der Waals surface area contributed by atoms with Crippen LogP contribution in [0.2, 0.25) is 5.02 Å². The smallest absolute Gasteiger partial charge is 0.233 e. The lowest BCUT2D eigenvalue weighted by atomic mass is 9.99. The van der Waals surface area contributed by atoms with Crippen molar-refractivity contribution in [1.82, 2.24) is 0 Å². The molecule has 6 heteroatoms. The van der Waals surface area contributed by atoms with Gasteiger partial charge < -0.3 is 4.74 Å². The Morgan fingerprint density at radius 2 is 1.70 bits per heavy atom. The van der Waals surface area contributed by atoms with Crippen LogP contribution < -0.4 is 4.74 Å². The van der Waals surface area contributed by atoms with E-state index in [0.717, 1.165) is 16.1 Å². The first-order chi connectivity index (χ1) is 9.10. The number of aryl methyl sites for hydroxylation is 2. The fourth-order valence-corrected chi connectivity index (χ4v) is 3.47. The van der Waals surface area contributed by atoms with Crippen LogP contribution in [0.5, 0.6) is 5.75 Å². The van der Waals surface area contributed by atoms with Crippen molar-refractivity contribution in [3.8, 4) is 5.75 Å². The minimum Gasteiger partial charge on any atom is -0.493 e. The predicted molar refractivity (Wildman–Crippen MR) is 84.4 cm³/mol. The van der Waals surface area contributed by atoms with Crippen LogP contribution in [0.15, 0.2) is 12.1 Å². The van der Waals surface area contributed by atoms with Crippen molar-refractivity contribution in [2.24, 2.45) is 11.8 Å². The van der Waals surface area contributed by atoms with Crippen LogP contribution in [0.25, 0.3) is 0 Å². The van der Waals surface area contributed by atoms with E-state index < -0.39 is 9.05 Å². The van der Waals surface area contributed by atoms with Crippen molar-refractivity contribution in [2.45, 2.75) is 27.7 Å². The molecule has 0 saturated heterocycles. The van der Waals surface area contributed by atoms with Gasteiger partial charge in [-0.1, -0.05) is 25.4 Å². The largest absolute Gasteiger partial charge is 0.493 e. The maximum Gasteiger partial charge on any atom is 0.233 e. The molecule has 0 aromatic heterocycles. The molecule has 0 saturated carbocycles. The Hall–Kier alpha value is -0.450. The molecule has 1 rings (SSSR count). The molecule has 0 heterocycles. The van der Waals surface area contributed by atoms with Crippen LogP contribution in [0.4, 0.5) is 0 Å². The second-order valence-electron chi connectivity index (χ2n) is 5.39. The number of benzene rings is 1. The summed E-state index contributed by atoms with van der Waals surface area (Å²) >= 11 is 6.10. The monoisotopic (exact) mass is 338 g/mol. The first-order valence-electron chi connectivity index (χ1n) is 6.42. The molecule has 3 nitrogen and oxygen atoms in total. The lowest BCUT2D eigenvalue weighted by molar-refractivity contribution is 0.225. The van der Waals surface area contributed by atoms with Crippen molar-refractivity contribution in [2.75, 3.05) is 12.4 Å². The van der Waals surface area contributed by atoms with E-state index >= 15 is 0 Å². The molecular formula is C14H20Cl2O3S. The summed E-state index contributed by atoms with van der Waals surface area (Å²) < 4.78 is 28.1. The summed E-state index contributed by atoms with van der Waals surface area (Å²) in [6, 6.07) is 3.70. The molecule has 1 aromatic carbocycles. The average molecular weight is 339 g/mol. The topological polar surface area (TPSA) is 43.4 Å². The van der Waals surface area contributed by atoms with Crippen molar-refractivity contribution in [3.05, 3.63) is 28.3 Å². The molecular weight excluding hydrogens is 319 g/mol. The fraction of sp³-hybridized carbons (Fsp3) is 0.571. The quantitative estimate of drug-likeness (QED) is 0.731. The number of hydrogen-bond donors (Lipinski definition) is 0. The van der Waals surface area contributed by atoms with Crippen LogP contribution in [0.3, 0.4) is 0 Å². The van der Waals surface area contributed by atoms with E-state index in [9.17, 15) is 8.42 Å². The summed E-state index contributed by atoms with van der Waals surface area (Å²) in [5.74, 6) is 0.631. The summed E-state index contributed by atoms with van der Waals surface area (Å²) in [4.78, 5) is 0. The van der Waals surface area contributed by atoms with Gasteiger partial charge in [-0.05, 0) is 43.0 Å². The van der Waals surface area contributed by atoms with Gasteiger partial charge >= 0.3 is 0 Å². The van der Waals surface area contributed by atoms with Gasteiger partial charge in [-0.15, -0.1) is 0 Å². The molecule has 1 unspecified atom stereocenters. The van der Waals surface area contributed by atoms with Crippen LogP contribution in [0.1, 0.15) is 25.0 Å². The van der Waals surface area contributed by atoms with Gasteiger partial charge in [0.1, 0.15) is 5.75 Å². The second kappa shape index (κ2) is 7.01. The van der Waals surface area contributed by atoms with Gasteiger partial charge in [-0.25, -0.2) is 8.42 Å². The van der Waals surface area contributed by atoms with Gasteiger partial charge in [0.2, 0.25) is 9.05 Å². The van der Waals surface area contributed by atoms with Crippen molar-refractivity contribution >= 4 is 31.3 Å². The van der Waals surface area contributed by atoms with Gasteiger partial charge in [-0.3, -0.25) is 0 Å². The number of rotatable bonds is 6. The molecule has 0 spiro atoms. The Balaban J connectivity index is 2.78. The zero-order valence-corrected chi connectivity index (χ0v) is 14.4. The van der Waals surface area contributed by atoms with Crippen LogP contribution in [-0.4, -0.2) is 20.8 Å². The Kier molecular flexibility index (Phi) is 6.17. The first kappa shape index (κ1) is 17.6. The Morgan fingerprint density at radius 1 is 1.20 bits per heavy atom. The van der Waals surface area contributed by atoms with E-state index in [-0.39, 0.29) is 17.6 Å². The van der Waals surface area contributed by atoms with Gasteiger partial charge in [0.15, 0.2) is 0 Å². The number of ether oxygens (including phenoxy) is 1. The molecule has 0 bridgehead atoms. The van der Waals surface area contributed by atoms with Gasteiger partial charge in [0.25, 0.3) is 0 Å².